The van der Waals surface area contributed by atoms with E-state index in [1.807, 2.05) is 49.4 Å². The molecule has 2 heteroatoms. The van der Waals surface area contributed by atoms with Crippen molar-refractivity contribution in [1.29, 1.82) is 0 Å². The van der Waals surface area contributed by atoms with Gasteiger partial charge in [0.15, 0.2) is 0 Å². The van der Waals surface area contributed by atoms with E-state index >= 15 is 0 Å². The molecular weight excluding hydrogens is 186 g/mol. The minimum atomic E-state index is 0.338. The fraction of sp³-hybridized carbons (Fsp3) is 0.0769. The summed E-state index contributed by atoms with van der Waals surface area (Å²) in [6.07, 6.45) is 0. The van der Waals surface area contributed by atoms with E-state index in [9.17, 15) is 0 Å². The monoisotopic (exact) mass is 201 g/mol. The van der Waals surface area contributed by atoms with Crippen LogP contribution in [0.15, 0.2) is 54.6 Å². The van der Waals surface area contributed by atoms with Crippen LogP contribution in [0.5, 0.6) is 5.75 Å². The minimum absolute atomic E-state index is 0.338. The highest BCUT2D eigenvalue weighted by Crippen LogP contribution is 2.08. The smallest absolute Gasteiger partial charge is 0.115 e. The Kier molecular flexibility index (Phi) is 4.23. The van der Waals surface area contributed by atoms with Gasteiger partial charge in [0.2, 0.25) is 0 Å². The maximum Gasteiger partial charge on any atom is 0.115 e. The summed E-state index contributed by atoms with van der Waals surface area (Å²) in [4.78, 5) is 0. The molecule has 0 aliphatic rings. The van der Waals surface area contributed by atoms with E-state index in [-0.39, 0.29) is 0 Å². The van der Waals surface area contributed by atoms with Crippen LogP contribution in [0.2, 0.25) is 0 Å². The molecule has 0 atom stereocenters. The molecular formula is C13H15NO. The summed E-state index contributed by atoms with van der Waals surface area (Å²) in [7, 11) is 0. The van der Waals surface area contributed by atoms with Crippen LogP contribution in [-0.2, 0) is 0 Å². The first-order valence-electron chi connectivity index (χ1n) is 4.74. The van der Waals surface area contributed by atoms with Crippen molar-refractivity contribution in [1.82, 2.24) is 0 Å². The Balaban J connectivity index is 0.000000151. The maximum atomic E-state index is 8.81. The first kappa shape index (κ1) is 11.1. The van der Waals surface area contributed by atoms with Crippen LogP contribution in [0.3, 0.4) is 0 Å². The lowest BCUT2D eigenvalue weighted by atomic mass is 10.2. The van der Waals surface area contributed by atoms with E-state index in [1.54, 1.807) is 12.1 Å². The minimum Gasteiger partial charge on any atom is -0.508 e. The molecule has 0 spiro atoms. The van der Waals surface area contributed by atoms with Crippen molar-refractivity contribution in [3.8, 4) is 5.75 Å². The number of phenolic OH excluding ortho intramolecular Hbond substituents is 1. The highest BCUT2D eigenvalue weighted by Gasteiger charge is 1.83. The number of aromatic hydroxyl groups is 1. The van der Waals surface area contributed by atoms with Gasteiger partial charge in [-0.05, 0) is 36.8 Å². The van der Waals surface area contributed by atoms with Gasteiger partial charge in [-0.25, -0.2) is 0 Å². The van der Waals surface area contributed by atoms with Crippen molar-refractivity contribution >= 4 is 5.69 Å². The van der Waals surface area contributed by atoms with E-state index in [0.717, 1.165) is 11.3 Å². The molecule has 2 nitrogen and oxygen atoms in total. The van der Waals surface area contributed by atoms with Gasteiger partial charge in [0.25, 0.3) is 0 Å². The molecule has 2 aromatic rings. The Morgan fingerprint density at radius 1 is 0.933 bits per heavy atom. The molecule has 78 valence electrons. The summed E-state index contributed by atoms with van der Waals surface area (Å²) < 4.78 is 0. The molecule has 0 aliphatic heterocycles. The van der Waals surface area contributed by atoms with Crippen molar-refractivity contribution in [2.75, 3.05) is 5.73 Å². The van der Waals surface area contributed by atoms with Crippen LogP contribution in [0.25, 0.3) is 0 Å². The van der Waals surface area contributed by atoms with Gasteiger partial charge < -0.3 is 10.8 Å². The lowest BCUT2D eigenvalue weighted by molar-refractivity contribution is 0.475. The summed E-state index contributed by atoms with van der Waals surface area (Å²) in [5.74, 6) is 0.338. The Hall–Kier alpha value is -1.96. The second-order valence-corrected chi connectivity index (χ2v) is 3.25. The number of phenols is 1. The molecule has 0 bridgehead atoms. The normalized spacial score (nSPS) is 8.87. The van der Waals surface area contributed by atoms with E-state index in [2.05, 4.69) is 0 Å². The molecule has 15 heavy (non-hydrogen) atoms. The van der Waals surface area contributed by atoms with Crippen LogP contribution >= 0.6 is 0 Å². The SMILES string of the molecule is Cc1cccc(O)c1.Nc1ccccc1. The number of aryl methyl sites for hydroxylation is 1. The van der Waals surface area contributed by atoms with Gasteiger partial charge in [-0.1, -0.05) is 30.3 Å². The fourth-order valence-electron chi connectivity index (χ4n) is 1.08. The molecule has 0 fully saturated rings. The van der Waals surface area contributed by atoms with Gasteiger partial charge >= 0.3 is 0 Å². The number of hydrogen-bond acceptors (Lipinski definition) is 2. The largest absolute Gasteiger partial charge is 0.508 e. The summed E-state index contributed by atoms with van der Waals surface area (Å²) in [6, 6.07) is 16.6. The Bertz CT molecular complexity index is 381. The van der Waals surface area contributed by atoms with E-state index in [1.165, 1.54) is 0 Å². The van der Waals surface area contributed by atoms with Gasteiger partial charge in [0, 0.05) is 5.69 Å². The molecule has 0 heterocycles. The predicted octanol–water partition coefficient (Wildman–Crippen LogP) is 2.97. The van der Waals surface area contributed by atoms with Gasteiger partial charge in [0.05, 0.1) is 0 Å². The van der Waals surface area contributed by atoms with Crippen LogP contribution < -0.4 is 5.73 Å². The average molecular weight is 201 g/mol. The topological polar surface area (TPSA) is 46.2 Å². The van der Waals surface area contributed by atoms with Crippen molar-refractivity contribution < 1.29 is 5.11 Å². The number of nitrogens with two attached hydrogens (primary N) is 1. The lowest BCUT2D eigenvalue weighted by Gasteiger charge is -1.89. The standard InChI is InChI=1S/C7H8O.C6H7N/c1-6-3-2-4-7(8)5-6;7-6-4-2-1-3-5-6/h2-5,8H,1H3;1-5H,7H2. The van der Waals surface area contributed by atoms with Crippen molar-refractivity contribution in [2.45, 2.75) is 6.92 Å². The third-order valence-corrected chi connectivity index (χ3v) is 1.80. The third kappa shape index (κ3) is 4.72. The summed E-state index contributed by atoms with van der Waals surface area (Å²) in [6.45, 7) is 1.94. The summed E-state index contributed by atoms with van der Waals surface area (Å²) in [5.41, 5.74) is 7.27. The Morgan fingerprint density at radius 3 is 1.93 bits per heavy atom. The molecule has 0 aliphatic carbocycles. The highest BCUT2D eigenvalue weighted by molar-refractivity contribution is 5.35. The lowest BCUT2D eigenvalue weighted by Crippen LogP contribution is -1.79. The van der Waals surface area contributed by atoms with Crippen LogP contribution in [0.4, 0.5) is 5.69 Å². The van der Waals surface area contributed by atoms with Gasteiger partial charge in [0.1, 0.15) is 5.75 Å². The molecule has 0 radical (unpaired) electrons. The van der Waals surface area contributed by atoms with Crippen LogP contribution in [0.1, 0.15) is 5.56 Å². The van der Waals surface area contributed by atoms with Crippen LogP contribution in [-0.4, -0.2) is 5.11 Å². The van der Waals surface area contributed by atoms with E-state index in [4.69, 9.17) is 10.8 Å². The zero-order valence-corrected chi connectivity index (χ0v) is 8.72. The molecule has 2 rings (SSSR count). The molecule has 0 amide bonds. The second-order valence-electron chi connectivity index (χ2n) is 3.25. The zero-order valence-electron chi connectivity index (χ0n) is 8.72. The van der Waals surface area contributed by atoms with Gasteiger partial charge in [-0.15, -0.1) is 0 Å². The van der Waals surface area contributed by atoms with Gasteiger partial charge in [-0.2, -0.15) is 0 Å². The Morgan fingerprint density at radius 2 is 1.60 bits per heavy atom. The first-order valence-corrected chi connectivity index (χ1v) is 4.74. The quantitative estimate of drug-likeness (QED) is 0.644. The van der Waals surface area contributed by atoms with E-state index < -0.39 is 0 Å². The zero-order chi connectivity index (χ0) is 11.1. The number of benzene rings is 2. The van der Waals surface area contributed by atoms with Crippen molar-refractivity contribution in [3.05, 3.63) is 60.2 Å². The second kappa shape index (κ2) is 5.70. The number of rotatable bonds is 0. The maximum absolute atomic E-state index is 8.81. The summed E-state index contributed by atoms with van der Waals surface area (Å²) in [5, 5.41) is 8.81. The molecule has 0 unspecified atom stereocenters. The fourth-order valence-corrected chi connectivity index (χ4v) is 1.08. The van der Waals surface area contributed by atoms with Gasteiger partial charge in [-0.3, -0.25) is 0 Å². The molecule has 0 saturated heterocycles. The summed E-state index contributed by atoms with van der Waals surface area (Å²) >= 11 is 0. The predicted molar refractivity (Wildman–Crippen MR) is 63.7 cm³/mol. The molecule has 0 aromatic heterocycles. The van der Waals surface area contributed by atoms with E-state index in [0.29, 0.717) is 5.75 Å². The van der Waals surface area contributed by atoms with Crippen molar-refractivity contribution in [3.63, 3.8) is 0 Å². The molecule has 3 N–H and O–H groups in total. The number of anilines is 1. The molecule has 2 aromatic carbocycles. The van der Waals surface area contributed by atoms with Crippen LogP contribution in [0, 0.1) is 6.92 Å². The number of para-hydroxylation sites is 1. The van der Waals surface area contributed by atoms with Crippen molar-refractivity contribution in [2.24, 2.45) is 0 Å². The number of hydrogen-bond donors (Lipinski definition) is 2. The first-order chi connectivity index (χ1) is 7.18. The third-order valence-electron chi connectivity index (χ3n) is 1.80. The number of nitrogen functional groups attached to an aromatic ring is 1. The molecule has 0 saturated carbocycles. The Labute approximate surface area is 90.0 Å². The average Bonchev–Trinajstić information content (AvgIpc) is 2.19. The highest BCUT2D eigenvalue weighted by atomic mass is 16.3.